The number of nitrogens with one attached hydrogen (secondary N) is 1. The molecule has 3 aromatic rings. The molecule has 3 rings (SSSR count). The molecule has 0 bridgehead atoms. The predicted molar refractivity (Wildman–Crippen MR) is 151 cm³/mol. The van der Waals surface area contributed by atoms with E-state index in [2.05, 4.69) is 5.32 Å². The van der Waals surface area contributed by atoms with Gasteiger partial charge in [0.15, 0.2) is 0 Å². The van der Waals surface area contributed by atoms with Gasteiger partial charge in [-0.3, -0.25) is 13.9 Å². The van der Waals surface area contributed by atoms with Crippen molar-refractivity contribution in [1.82, 2.24) is 10.2 Å². The van der Waals surface area contributed by atoms with E-state index in [0.29, 0.717) is 22.5 Å². The Morgan fingerprint density at radius 2 is 1.54 bits per heavy atom. The number of carbonyl (C=O) groups excluding carboxylic acids is 2. The average Bonchev–Trinajstić information content (AvgIpc) is 2.96. The summed E-state index contributed by atoms with van der Waals surface area (Å²) in [5.74, 6) is -1.12. The summed E-state index contributed by atoms with van der Waals surface area (Å²) in [5.41, 5.74) is -0.673. The lowest BCUT2D eigenvalue weighted by Gasteiger charge is -2.33. The first-order chi connectivity index (χ1) is 19.5. The third kappa shape index (κ3) is 8.32. The van der Waals surface area contributed by atoms with E-state index in [1.54, 1.807) is 43.3 Å². The minimum absolute atomic E-state index is 0.00118. The normalized spacial score (nSPS) is 12.4. The molecule has 0 aromatic heterocycles. The zero-order chi connectivity index (χ0) is 30.0. The van der Waals surface area contributed by atoms with Crippen molar-refractivity contribution in [3.05, 3.63) is 96.1 Å². The first-order valence-corrected chi connectivity index (χ1v) is 14.8. The maximum Gasteiger partial charge on any atom is 0.416 e. The molecule has 1 N–H and O–H groups in total. The second-order valence-electron chi connectivity index (χ2n) is 9.45. The smallest absolute Gasteiger partial charge is 0.354 e. The maximum atomic E-state index is 13.9. The summed E-state index contributed by atoms with van der Waals surface area (Å²) in [7, 11) is -4.47. The molecule has 0 saturated heterocycles. The highest BCUT2D eigenvalue weighted by Gasteiger charge is 2.35. The van der Waals surface area contributed by atoms with Gasteiger partial charge in [-0.2, -0.15) is 13.2 Å². The van der Waals surface area contributed by atoms with Crippen LogP contribution in [0.4, 0.5) is 18.9 Å². The first-order valence-electron chi connectivity index (χ1n) is 13.3. The zero-order valence-corrected chi connectivity index (χ0v) is 23.8. The second kappa shape index (κ2) is 14.2. The number of halogens is 3. The predicted octanol–water partition coefficient (Wildman–Crippen LogP) is 5.62. The van der Waals surface area contributed by atoms with Crippen LogP contribution in [-0.4, -0.2) is 44.3 Å². The standard InChI is InChI=1S/C30H34F3N3O4S/c1-3-5-19-34-29(38)27(4-2)35(21-23-13-8-6-9-14-23)28(37)22-36(41(39,40)26-17-10-7-11-18-26)25-16-12-15-24(20-25)30(31,32)33/h6-18,20,27H,3-5,19,21-22H2,1-2H3,(H,34,38). The van der Waals surface area contributed by atoms with Gasteiger partial charge in [0.05, 0.1) is 16.1 Å². The van der Waals surface area contributed by atoms with Crippen molar-refractivity contribution >= 4 is 27.5 Å². The number of hydrogen-bond donors (Lipinski definition) is 1. The lowest BCUT2D eigenvalue weighted by Crippen LogP contribution is -2.52. The molecule has 0 fully saturated rings. The van der Waals surface area contributed by atoms with E-state index >= 15 is 0 Å². The van der Waals surface area contributed by atoms with Crippen LogP contribution < -0.4 is 9.62 Å². The molecule has 0 heterocycles. The minimum Gasteiger partial charge on any atom is -0.354 e. The van der Waals surface area contributed by atoms with Gasteiger partial charge >= 0.3 is 6.18 Å². The number of hydrogen-bond acceptors (Lipinski definition) is 4. The van der Waals surface area contributed by atoms with Gasteiger partial charge in [0, 0.05) is 13.1 Å². The summed E-state index contributed by atoms with van der Waals surface area (Å²) in [6.45, 7) is 3.31. The van der Waals surface area contributed by atoms with Crippen LogP contribution in [-0.2, 0) is 32.3 Å². The fourth-order valence-corrected chi connectivity index (χ4v) is 5.72. The number of benzene rings is 3. The van der Waals surface area contributed by atoms with Gasteiger partial charge in [0.25, 0.3) is 10.0 Å². The molecule has 0 aliphatic rings. The molecule has 2 amide bonds. The van der Waals surface area contributed by atoms with Crippen LogP contribution in [0.5, 0.6) is 0 Å². The largest absolute Gasteiger partial charge is 0.416 e. The van der Waals surface area contributed by atoms with Crippen molar-refractivity contribution in [2.45, 2.75) is 56.8 Å². The Morgan fingerprint density at radius 1 is 0.902 bits per heavy atom. The van der Waals surface area contributed by atoms with Gasteiger partial charge in [-0.15, -0.1) is 0 Å². The van der Waals surface area contributed by atoms with Gasteiger partial charge in [-0.25, -0.2) is 8.42 Å². The molecule has 0 radical (unpaired) electrons. The van der Waals surface area contributed by atoms with Crippen LogP contribution in [0.15, 0.2) is 89.8 Å². The Labute approximate surface area is 239 Å². The van der Waals surface area contributed by atoms with Crippen LogP contribution in [0.3, 0.4) is 0 Å². The molecule has 7 nitrogen and oxygen atoms in total. The fourth-order valence-electron chi connectivity index (χ4n) is 4.29. The second-order valence-corrected chi connectivity index (χ2v) is 11.3. The molecule has 0 saturated carbocycles. The van der Waals surface area contributed by atoms with Crippen molar-refractivity contribution < 1.29 is 31.2 Å². The Bertz CT molecular complexity index is 1400. The third-order valence-corrected chi connectivity index (χ3v) is 8.27. The number of nitrogens with zero attached hydrogens (tertiary/aromatic N) is 2. The summed E-state index contributed by atoms with van der Waals surface area (Å²) in [6.07, 6.45) is -2.89. The summed E-state index contributed by atoms with van der Waals surface area (Å²) in [4.78, 5) is 28.2. The Morgan fingerprint density at radius 3 is 2.12 bits per heavy atom. The lowest BCUT2D eigenvalue weighted by molar-refractivity contribution is -0.140. The summed E-state index contributed by atoms with van der Waals surface area (Å²) in [5, 5.41) is 2.83. The van der Waals surface area contributed by atoms with E-state index in [9.17, 15) is 31.2 Å². The summed E-state index contributed by atoms with van der Waals surface area (Å²) >= 11 is 0. The van der Waals surface area contributed by atoms with Crippen molar-refractivity contribution in [3.8, 4) is 0 Å². The molecule has 1 unspecified atom stereocenters. The molecular formula is C30H34F3N3O4S. The van der Waals surface area contributed by atoms with Crippen LogP contribution in [0.1, 0.15) is 44.2 Å². The molecule has 0 aliphatic heterocycles. The van der Waals surface area contributed by atoms with Crippen LogP contribution in [0.25, 0.3) is 0 Å². The van der Waals surface area contributed by atoms with Gasteiger partial charge in [0.1, 0.15) is 12.6 Å². The number of unbranched alkanes of at least 4 members (excludes halogenated alkanes) is 1. The van der Waals surface area contributed by atoms with Crippen molar-refractivity contribution in [2.24, 2.45) is 0 Å². The molecule has 0 aliphatic carbocycles. The Kier molecular flexibility index (Phi) is 10.9. The van der Waals surface area contributed by atoms with Gasteiger partial charge < -0.3 is 10.2 Å². The van der Waals surface area contributed by atoms with E-state index < -0.39 is 40.3 Å². The topological polar surface area (TPSA) is 86.8 Å². The van der Waals surface area contributed by atoms with Crippen LogP contribution >= 0.6 is 0 Å². The monoisotopic (exact) mass is 589 g/mol. The van der Waals surface area contributed by atoms with E-state index in [4.69, 9.17) is 0 Å². The maximum absolute atomic E-state index is 13.9. The van der Waals surface area contributed by atoms with Crippen molar-refractivity contribution in [1.29, 1.82) is 0 Å². The number of sulfonamides is 1. The average molecular weight is 590 g/mol. The van der Waals surface area contributed by atoms with Crippen LogP contribution in [0, 0.1) is 0 Å². The number of rotatable bonds is 13. The molecule has 220 valence electrons. The highest BCUT2D eigenvalue weighted by Crippen LogP contribution is 2.33. The third-order valence-electron chi connectivity index (χ3n) is 6.48. The SMILES string of the molecule is CCCCNC(=O)C(CC)N(Cc1ccccc1)C(=O)CN(c1cccc(C(F)(F)F)c1)S(=O)(=O)c1ccccc1. The molecule has 41 heavy (non-hydrogen) atoms. The van der Waals surface area contributed by atoms with Crippen molar-refractivity contribution in [2.75, 3.05) is 17.4 Å². The highest BCUT2D eigenvalue weighted by molar-refractivity contribution is 7.92. The molecule has 11 heteroatoms. The molecular weight excluding hydrogens is 555 g/mol. The Balaban J connectivity index is 2.07. The minimum atomic E-state index is -4.73. The number of alkyl halides is 3. The summed E-state index contributed by atoms with van der Waals surface area (Å²) < 4.78 is 68.9. The van der Waals surface area contributed by atoms with E-state index in [-0.39, 0.29) is 29.5 Å². The quantitative estimate of drug-likeness (QED) is 0.262. The highest BCUT2D eigenvalue weighted by atomic mass is 32.2. The first kappa shape index (κ1) is 31.7. The number of anilines is 1. The fraction of sp³-hybridized carbons (Fsp3) is 0.333. The molecule has 1 atom stereocenters. The van der Waals surface area contributed by atoms with Crippen molar-refractivity contribution in [3.63, 3.8) is 0 Å². The zero-order valence-electron chi connectivity index (χ0n) is 23.0. The van der Waals surface area contributed by atoms with E-state index in [1.165, 1.54) is 35.2 Å². The van der Waals surface area contributed by atoms with Gasteiger partial charge in [0.2, 0.25) is 11.8 Å². The number of amides is 2. The van der Waals surface area contributed by atoms with Crippen LogP contribution in [0.2, 0.25) is 0 Å². The van der Waals surface area contributed by atoms with Gasteiger partial charge in [-0.05, 0) is 48.7 Å². The van der Waals surface area contributed by atoms with E-state index in [0.717, 1.165) is 25.0 Å². The molecule has 3 aromatic carbocycles. The molecule has 0 spiro atoms. The lowest BCUT2D eigenvalue weighted by atomic mass is 10.1. The van der Waals surface area contributed by atoms with E-state index in [1.807, 2.05) is 6.92 Å². The Hall–Kier alpha value is -3.86. The number of carbonyl (C=O) groups is 2. The summed E-state index contributed by atoms with van der Waals surface area (Å²) in [6, 6.07) is 19.0. The van der Waals surface area contributed by atoms with Gasteiger partial charge in [-0.1, -0.05) is 74.9 Å².